The van der Waals surface area contributed by atoms with Gasteiger partial charge in [-0.05, 0) is 118 Å². The molecule has 0 saturated carbocycles. The van der Waals surface area contributed by atoms with Gasteiger partial charge in [-0.15, -0.1) is 0 Å². The van der Waals surface area contributed by atoms with Gasteiger partial charge in [0, 0.05) is 41.2 Å². The number of carbonyl (C=O) groups excluding carboxylic acids is 1. The topological polar surface area (TPSA) is 35.6 Å². The molecule has 2 saturated heterocycles. The van der Waals surface area contributed by atoms with E-state index in [0.29, 0.717) is 25.4 Å². The number of piperidine rings is 2. The molecule has 0 radical (unpaired) electrons. The highest BCUT2D eigenvalue weighted by atomic mass is 35.5. The number of rotatable bonds is 9. The van der Waals surface area contributed by atoms with E-state index in [2.05, 4.69) is 22.3 Å². The minimum absolute atomic E-state index is 0.104. The Morgan fingerprint density at radius 1 is 0.946 bits per heavy atom. The number of nitrogens with zero attached hydrogens (tertiary/aromatic N) is 2. The Labute approximate surface area is 226 Å². The van der Waals surface area contributed by atoms with Crippen molar-refractivity contribution >= 4 is 35.0 Å². The number of likely N-dealkylation sites (tertiary alicyclic amines) is 2. The van der Waals surface area contributed by atoms with Crippen molar-refractivity contribution in [2.75, 3.05) is 38.0 Å². The number of carbonyl (C=O) groups is 1. The Balaban J connectivity index is 1.09. The van der Waals surface area contributed by atoms with Gasteiger partial charge in [-0.2, -0.15) is 13.2 Å². The van der Waals surface area contributed by atoms with E-state index in [4.69, 9.17) is 11.6 Å². The summed E-state index contributed by atoms with van der Waals surface area (Å²) in [5.74, 6) is 0.940. The van der Waals surface area contributed by atoms with Crippen LogP contribution in [0.2, 0.25) is 5.02 Å². The summed E-state index contributed by atoms with van der Waals surface area (Å²) < 4.78 is 37.5. The van der Waals surface area contributed by atoms with Crippen molar-refractivity contribution in [3.05, 3.63) is 59.1 Å². The van der Waals surface area contributed by atoms with E-state index in [1.165, 1.54) is 30.5 Å². The van der Waals surface area contributed by atoms with Gasteiger partial charge in [0.25, 0.3) is 0 Å². The molecule has 2 heterocycles. The second-order valence-electron chi connectivity index (χ2n) is 10.1. The van der Waals surface area contributed by atoms with E-state index in [1.807, 2.05) is 17.0 Å². The third-order valence-corrected chi connectivity index (χ3v) is 8.31. The van der Waals surface area contributed by atoms with E-state index >= 15 is 0 Å². The zero-order valence-electron chi connectivity index (χ0n) is 21.0. The molecule has 2 fully saturated rings. The zero-order chi connectivity index (χ0) is 26.3. The molecule has 0 unspecified atom stereocenters. The van der Waals surface area contributed by atoms with Crippen molar-refractivity contribution < 1.29 is 18.0 Å². The van der Waals surface area contributed by atoms with Gasteiger partial charge >= 0.3 is 5.51 Å². The second kappa shape index (κ2) is 13.3. The van der Waals surface area contributed by atoms with Crippen molar-refractivity contribution in [2.24, 2.45) is 5.92 Å². The molecule has 37 heavy (non-hydrogen) atoms. The second-order valence-corrected chi connectivity index (χ2v) is 11.7. The number of halogens is 4. The van der Waals surface area contributed by atoms with Crippen molar-refractivity contribution in [2.45, 2.75) is 61.4 Å². The molecule has 202 valence electrons. The molecule has 2 aromatic carbocycles. The van der Waals surface area contributed by atoms with Crippen LogP contribution in [0, 0.1) is 5.92 Å². The van der Waals surface area contributed by atoms with Gasteiger partial charge in [-0.3, -0.25) is 4.79 Å². The molecule has 2 aliphatic rings. The number of anilines is 1. The smallest absolute Gasteiger partial charge is 0.382 e. The summed E-state index contributed by atoms with van der Waals surface area (Å²) in [4.78, 5) is 17.3. The largest absolute Gasteiger partial charge is 0.446 e. The quantitative estimate of drug-likeness (QED) is 0.336. The lowest BCUT2D eigenvalue weighted by Crippen LogP contribution is -2.42. The Kier molecular flexibility index (Phi) is 10.1. The Bertz CT molecular complexity index is 987. The van der Waals surface area contributed by atoms with Crippen LogP contribution in [0.3, 0.4) is 0 Å². The molecular formula is C28H35ClF3N3OS. The Hall–Kier alpha value is -1.90. The highest BCUT2D eigenvalue weighted by Crippen LogP contribution is 2.37. The monoisotopic (exact) mass is 553 g/mol. The van der Waals surface area contributed by atoms with Crippen LogP contribution in [0.1, 0.15) is 44.1 Å². The van der Waals surface area contributed by atoms with Crippen LogP contribution < -0.4 is 5.32 Å². The average Bonchev–Trinajstić information content (AvgIpc) is 2.87. The lowest BCUT2D eigenvalue weighted by atomic mass is 9.90. The molecule has 2 aromatic rings. The maximum Gasteiger partial charge on any atom is 0.446 e. The van der Waals surface area contributed by atoms with Gasteiger partial charge < -0.3 is 15.1 Å². The van der Waals surface area contributed by atoms with Crippen LogP contribution in [0.15, 0.2) is 53.4 Å². The fourth-order valence-corrected chi connectivity index (χ4v) is 5.91. The molecule has 0 aliphatic carbocycles. The van der Waals surface area contributed by atoms with Crippen LogP contribution in [-0.4, -0.2) is 60.0 Å². The molecule has 9 heteroatoms. The molecule has 2 aliphatic heterocycles. The van der Waals surface area contributed by atoms with Crippen LogP contribution in [0.5, 0.6) is 0 Å². The first-order chi connectivity index (χ1) is 17.7. The molecule has 4 nitrogen and oxygen atoms in total. The van der Waals surface area contributed by atoms with Gasteiger partial charge in [0.05, 0.1) is 0 Å². The Morgan fingerprint density at radius 2 is 1.59 bits per heavy atom. The van der Waals surface area contributed by atoms with E-state index < -0.39 is 5.51 Å². The number of thioether (sulfide) groups is 1. The lowest BCUT2D eigenvalue weighted by Gasteiger charge is -2.34. The fourth-order valence-electron chi connectivity index (χ4n) is 5.24. The van der Waals surface area contributed by atoms with Crippen LogP contribution in [0.4, 0.5) is 18.9 Å². The number of amides is 1. The first-order valence-corrected chi connectivity index (χ1v) is 14.3. The highest BCUT2D eigenvalue weighted by molar-refractivity contribution is 8.00. The SMILES string of the molecule is O=C(CCCN1CCC(Cc2ccc(Cl)cc2)CC1)N1CCC(Nc2ccc(SC(F)(F)F)cc2)CC1. The average molecular weight is 554 g/mol. The third kappa shape index (κ3) is 9.41. The number of hydrogen-bond acceptors (Lipinski definition) is 4. The number of benzene rings is 2. The maximum absolute atomic E-state index is 12.7. The molecule has 1 amide bonds. The summed E-state index contributed by atoms with van der Waals surface area (Å²) in [7, 11) is 0. The number of hydrogen-bond donors (Lipinski definition) is 1. The van der Waals surface area contributed by atoms with E-state index in [1.54, 1.807) is 12.1 Å². The van der Waals surface area contributed by atoms with E-state index in [-0.39, 0.29) is 28.6 Å². The first kappa shape index (κ1) is 28.1. The zero-order valence-corrected chi connectivity index (χ0v) is 22.6. The predicted molar refractivity (Wildman–Crippen MR) is 145 cm³/mol. The number of alkyl halides is 3. The normalized spacial score (nSPS) is 18.2. The van der Waals surface area contributed by atoms with Crippen LogP contribution >= 0.6 is 23.4 Å². The van der Waals surface area contributed by atoms with Crippen LogP contribution in [-0.2, 0) is 11.2 Å². The Morgan fingerprint density at radius 3 is 2.22 bits per heavy atom. The van der Waals surface area contributed by atoms with Crippen LogP contribution in [0.25, 0.3) is 0 Å². The van der Waals surface area contributed by atoms with Gasteiger partial charge in [0.15, 0.2) is 0 Å². The molecule has 0 bridgehead atoms. The minimum atomic E-state index is -4.27. The standard InChI is InChI=1S/C28H35ClF3N3OS/c29-23-5-3-21(4-6-23)20-22-11-16-34(17-12-22)15-1-2-27(36)35-18-13-25(14-19-35)33-24-7-9-26(10-8-24)37-28(30,31)32/h3-10,22,25,33H,1-2,11-20H2. The van der Waals surface area contributed by atoms with Gasteiger partial charge in [-0.1, -0.05) is 23.7 Å². The number of nitrogens with one attached hydrogen (secondary N) is 1. The summed E-state index contributed by atoms with van der Waals surface area (Å²) >= 11 is 5.88. The van der Waals surface area contributed by atoms with Crippen molar-refractivity contribution in [1.29, 1.82) is 0 Å². The molecular weight excluding hydrogens is 519 g/mol. The lowest BCUT2D eigenvalue weighted by molar-refractivity contribution is -0.132. The summed E-state index contributed by atoms with van der Waals surface area (Å²) in [6.45, 7) is 4.60. The molecule has 0 atom stereocenters. The molecule has 0 spiro atoms. The minimum Gasteiger partial charge on any atom is -0.382 e. The molecule has 0 aromatic heterocycles. The van der Waals surface area contributed by atoms with Crippen molar-refractivity contribution in [3.63, 3.8) is 0 Å². The van der Waals surface area contributed by atoms with E-state index in [9.17, 15) is 18.0 Å². The molecule has 1 N–H and O–H groups in total. The highest BCUT2D eigenvalue weighted by Gasteiger charge is 2.29. The molecule has 4 rings (SSSR count). The third-order valence-electron chi connectivity index (χ3n) is 7.32. The van der Waals surface area contributed by atoms with Gasteiger partial charge in [0.1, 0.15) is 0 Å². The van der Waals surface area contributed by atoms with Crippen molar-refractivity contribution in [3.8, 4) is 0 Å². The van der Waals surface area contributed by atoms with Gasteiger partial charge in [0.2, 0.25) is 5.91 Å². The van der Waals surface area contributed by atoms with E-state index in [0.717, 1.165) is 56.0 Å². The first-order valence-electron chi connectivity index (χ1n) is 13.1. The summed E-state index contributed by atoms with van der Waals surface area (Å²) in [5, 5.41) is 4.18. The fraction of sp³-hybridized carbons (Fsp3) is 0.536. The van der Waals surface area contributed by atoms with Crippen molar-refractivity contribution in [1.82, 2.24) is 9.80 Å². The van der Waals surface area contributed by atoms with Gasteiger partial charge in [-0.25, -0.2) is 0 Å². The summed E-state index contributed by atoms with van der Waals surface area (Å²) in [5.41, 5.74) is -2.11. The summed E-state index contributed by atoms with van der Waals surface area (Å²) in [6.07, 6.45) is 6.65. The predicted octanol–water partition coefficient (Wildman–Crippen LogP) is 7.09. The summed E-state index contributed by atoms with van der Waals surface area (Å²) in [6, 6.07) is 14.7. The maximum atomic E-state index is 12.7.